The van der Waals surface area contributed by atoms with Crippen LogP contribution in [0.3, 0.4) is 0 Å². The molecule has 4 saturated heterocycles. The van der Waals surface area contributed by atoms with Crippen LogP contribution >= 0.6 is 0 Å². The van der Waals surface area contributed by atoms with E-state index in [1.807, 2.05) is 0 Å². The summed E-state index contributed by atoms with van der Waals surface area (Å²) < 4.78 is 0. The second-order valence-electron chi connectivity index (χ2n) is 16.7. The van der Waals surface area contributed by atoms with E-state index in [1.54, 1.807) is 0 Å². The first-order valence-corrected chi connectivity index (χ1v) is 21.6. The van der Waals surface area contributed by atoms with Gasteiger partial charge in [0.1, 0.15) is 42.3 Å². The lowest BCUT2D eigenvalue weighted by Crippen LogP contribution is -2.60. The van der Waals surface area contributed by atoms with Gasteiger partial charge in [0.15, 0.2) is 6.04 Å². The van der Waals surface area contributed by atoms with Gasteiger partial charge >= 0.3 is 17.9 Å². The van der Waals surface area contributed by atoms with E-state index in [1.165, 1.54) is 28.5 Å². The summed E-state index contributed by atoms with van der Waals surface area (Å²) in [6.07, 6.45) is -2.59. The molecule has 4 heterocycles. The lowest BCUT2D eigenvalue weighted by molar-refractivity contribution is -0.152. The molecule has 64 heavy (non-hydrogen) atoms. The van der Waals surface area contributed by atoms with Gasteiger partial charge in [0.05, 0.1) is 12.2 Å². The minimum atomic E-state index is -1.79. The molecule has 9 N–H and O–H groups in total. The van der Waals surface area contributed by atoms with E-state index in [-0.39, 0.29) is 58.3 Å². The van der Waals surface area contributed by atoms with Crippen molar-refractivity contribution in [2.75, 3.05) is 26.2 Å². The maximum absolute atomic E-state index is 14.2. The van der Waals surface area contributed by atoms with E-state index in [4.69, 9.17) is 0 Å². The lowest BCUT2D eigenvalue weighted by atomic mass is 10.1. The second-order valence-corrected chi connectivity index (χ2v) is 16.7. The standard InChI is InChI=1S/C40H60N8O16/c1-20(49)31(41-22(3)51)39(62)48-19-7-11-28(48)38(61)47-18-6-10-27(47)37(60)46-17-5-9-26(46)35(58)43-24(13-15-30(54)55)36(59)45-16-4-8-25(45)34(57)42-23(12-14-29(52)53)33(56)44-32(21(2)50)40(63)64/h20-21,23-28,31-32,49-50H,4-19H2,1-3H3,(H,41,51)(H,42,57)(H,43,58)(H,44,56)(H,52,53)(H,54,55)(H,63,64)/t20-,21-,23+,24+,25+,26+,27+,28+,31+,32+/m1/s1. The Morgan fingerprint density at radius 3 is 1.36 bits per heavy atom. The first-order valence-electron chi connectivity index (χ1n) is 21.6. The number of aliphatic hydroxyl groups excluding tert-OH is 2. The van der Waals surface area contributed by atoms with Crippen LogP contribution in [0.5, 0.6) is 0 Å². The summed E-state index contributed by atoms with van der Waals surface area (Å²) in [6, 6.07) is -10.5. The van der Waals surface area contributed by atoms with Gasteiger partial charge in [0, 0.05) is 45.9 Å². The smallest absolute Gasteiger partial charge is 0.328 e. The van der Waals surface area contributed by atoms with Gasteiger partial charge in [-0.05, 0) is 78.1 Å². The number of nitrogens with zero attached hydrogens (tertiary/aromatic N) is 4. The number of aliphatic hydroxyl groups is 2. The Morgan fingerprint density at radius 1 is 0.516 bits per heavy atom. The largest absolute Gasteiger partial charge is 0.481 e. The van der Waals surface area contributed by atoms with Crippen molar-refractivity contribution in [1.82, 2.24) is 40.9 Å². The number of amides is 8. The predicted molar refractivity (Wildman–Crippen MR) is 217 cm³/mol. The Hall–Kier alpha value is -5.91. The molecule has 0 bridgehead atoms. The number of carbonyl (C=O) groups excluding carboxylic acids is 8. The van der Waals surface area contributed by atoms with Crippen LogP contribution in [0.25, 0.3) is 0 Å². The van der Waals surface area contributed by atoms with Crippen molar-refractivity contribution in [2.45, 2.75) is 158 Å². The molecule has 24 heteroatoms. The van der Waals surface area contributed by atoms with Crippen LogP contribution < -0.4 is 21.3 Å². The molecule has 0 spiro atoms. The Balaban J connectivity index is 1.48. The number of carboxylic acid groups (broad SMARTS) is 3. The Kier molecular flexibility index (Phi) is 17.9. The molecular formula is C40H60N8O16. The van der Waals surface area contributed by atoms with Gasteiger partial charge in [-0.25, -0.2) is 4.79 Å². The molecule has 0 aromatic heterocycles. The summed E-state index contributed by atoms with van der Waals surface area (Å²) in [7, 11) is 0. The normalized spacial score (nSPS) is 23.6. The fourth-order valence-corrected chi connectivity index (χ4v) is 8.79. The Labute approximate surface area is 368 Å². The number of carboxylic acids is 3. The second kappa shape index (κ2) is 22.6. The highest BCUT2D eigenvalue weighted by Crippen LogP contribution is 2.29. The van der Waals surface area contributed by atoms with E-state index in [9.17, 15) is 78.3 Å². The number of aliphatic carboxylic acids is 3. The van der Waals surface area contributed by atoms with Gasteiger partial charge in [-0.3, -0.25) is 47.9 Å². The average Bonchev–Trinajstić information content (AvgIpc) is 4.07. The molecule has 4 aliphatic rings. The highest BCUT2D eigenvalue weighted by molar-refractivity contribution is 5.99. The number of hydrogen-bond acceptors (Lipinski definition) is 13. The first kappa shape index (κ1) is 50.7. The van der Waals surface area contributed by atoms with Crippen molar-refractivity contribution in [3.63, 3.8) is 0 Å². The number of hydrogen-bond donors (Lipinski definition) is 9. The molecule has 0 radical (unpaired) electrons. The summed E-state index contributed by atoms with van der Waals surface area (Å²) in [4.78, 5) is 148. The zero-order valence-electron chi connectivity index (χ0n) is 36.1. The van der Waals surface area contributed by atoms with Crippen molar-refractivity contribution < 1.29 is 78.3 Å². The summed E-state index contributed by atoms with van der Waals surface area (Å²) in [5.41, 5.74) is 0. The lowest BCUT2D eigenvalue weighted by Gasteiger charge is -2.35. The average molecular weight is 909 g/mol. The number of likely N-dealkylation sites (tertiary alicyclic amines) is 4. The van der Waals surface area contributed by atoms with Crippen LogP contribution in [0.2, 0.25) is 0 Å². The van der Waals surface area contributed by atoms with E-state index in [0.29, 0.717) is 19.3 Å². The van der Waals surface area contributed by atoms with Crippen molar-refractivity contribution in [1.29, 1.82) is 0 Å². The van der Waals surface area contributed by atoms with E-state index in [2.05, 4.69) is 21.3 Å². The molecule has 4 rings (SSSR count). The SMILES string of the molecule is CC(=O)N[C@H](C(=O)N1CCC[C@H]1C(=O)N1CCC[C@H]1C(=O)N1CCC[C@H]1C(=O)N[C@@H](CCC(=O)O)C(=O)N1CCC[C@H]1C(=O)N[C@@H](CCC(=O)O)C(=O)N[C@H](C(=O)O)[C@@H](C)O)[C@@H](C)O. The van der Waals surface area contributed by atoms with Gasteiger partial charge in [0.2, 0.25) is 47.3 Å². The molecule has 10 atom stereocenters. The zero-order chi connectivity index (χ0) is 47.6. The number of carbonyl (C=O) groups is 11. The van der Waals surface area contributed by atoms with Crippen LogP contribution in [-0.2, 0) is 52.7 Å². The first-order chi connectivity index (χ1) is 30.1. The topological polar surface area (TPSA) is 350 Å². The number of rotatable bonds is 20. The molecule has 0 aromatic carbocycles. The van der Waals surface area contributed by atoms with Gasteiger partial charge in [-0.15, -0.1) is 0 Å². The number of nitrogens with one attached hydrogen (secondary N) is 4. The molecule has 0 unspecified atom stereocenters. The quantitative estimate of drug-likeness (QED) is 0.0572. The van der Waals surface area contributed by atoms with Gasteiger partial charge in [-0.1, -0.05) is 0 Å². The van der Waals surface area contributed by atoms with Gasteiger partial charge < -0.3 is 66.4 Å². The molecule has 0 aliphatic carbocycles. The van der Waals surface area contributed by atoms with E-state index in [0.717, 1.165) is 11.8 Å². The highest BCUT2D eigenvalue weighted by atomic mass is 16.4. The van der Waals surface area contributed by atoms with E-state index < -0.39 is 151 Å². The summed E-state index contributed by atoms with van der Waals surface area (Å²) in [6.45, 7) is 4.11. The minimum absolute atomic E-state index is 0.0258. The minimum Gasteiger partial charge on any atom is -0.481 e. The van der Waals surface area contributed by atoms with E-state index >= 15 is 0 Å². The van der Waals surface area contributed by atoms with Crippen molar-refractivity contribution in [3.05, 3.63) is 0 Å². The van der Waals surface area contributed by atoms with Gasteiger partial charge in [-0.2, -0.15) is 0 Å². The third-order valence-electron chi connectivity index (χ3n) is 12.0. The van der Waals surface area contributed by atoms with Crippen molar-refractivity contribution in [2.24, 2.45) is 0 Å². The summed E-state index contributed by atoms with van der Waals surface area (Å²) in [5, 5.41) is 57.7. The zero-order valence-corrected chi connectivity index (χ0v) is 36.1. The van der Waals surface area contributed by atoms with Gasteiger partial charge in [0.25, 0.3) is 0 Å². The van der Waals surface area contributed by atoms with Crippen LogP contribution in [-0.4, -0.2) is 197 Å². The molecule has 0 saturated carbocycles. The van der Waals surface area contributed by atoms with Crippen LogP contribution in [0.4, 0.5) is 0 Å². The fourth-order valence-electron chi connectivity index (χ4n) is 8.79. The predicted octanol–water partition coefficient (Wildman–Crippen LogP) is -3.51. The summed E-state index contributed by atoms with van der Waals surface area (Å²) >= 11 is 0. The van der Waals surface area contributed by atoms with Crippen LogP contribution in [0.1, 0.15) is 97.8 Å². The van der Waals surface area contributed by atoms with Crippen LogP contribution in [0.15, 0.2) is 0 Å². The third-order valence-corrected chi connectivity index (χ3v) is 12.0. The molecule has 8 amide bonds. The molecule has 24 nitrogen and oxygen atoms in total. The van der Waals surface area contributed by atoms with Crippen molar-refractivity contribution in [3.8, 4) is 0 Å². The Morgan fingerprint density at radius 2 is 0.906 bits per heavy atom. The highest BCUT2D eigenvalue weighted by Gasteiger charge is 2.48. The maximum Gasteiger partial charge on any atom is 0.328 e. The van der Waals surface area contributed by atoms with Crippen molar-refractivity contribution >= 4 is 65.2 Å². The fraction of sp³-hybridized carbons (Fsp3) is 0.725. The molecule has 356 valence electrons. The maximum atomic E-state index is 14.2. The molecule has 4 aliphatic heterocycles. The molecule has 4 fully saturated rings. The Bertz CT molecular complexity index is 1830. The third kappa shape index (κ3) is 12.6. The van der Waals surface area contributed by atoms with Crippen LogP contribution in [0, 0.1) is 0 Å². The monoisotopic (exact) mass is 908 g/mol. The molecule has 0 aromatic rings. The molecular weight excluding hydrogens is 848 g/mol. The summed E-state index contributed by atoms with van der Waals surface area (Å²) in [5.74, 6) is -10.1.